The number of hydrogen-bond donors (Lipinski definition) is 0. The summed E-state index contributed by atoms with van der Waals surface area (Å²) < 4.78 is 1.60. The van der Waals surface area contributed by atoms with Crippen LogP contribution in [0.25, 0.3) is 5.78 Å². The predicted octanol–water partition coefficient (Wildman–Crippen LogP) is 3.99. The SMILES string of the molecule is Cc1nc2nc(C#N)c(C#N)n2c(C)c1Cc1c(Cl)cccc1Cl. The second-order valence-corrected chi connectivity index (χ2v) is 6.12. The van der Waals surface area contributed by atoms with Crippen molar-refractivity contribution < 1.29 is 0 Å². The number of nitriles is 2. The number of fused-ring (bicyclic) bond motifs is 1. The molecule has 0 spiro atoms. The van der Waals surface area contributed by atoms with Crippen molar-refractivity contribution in [3.8, 4) is 12.1 Å². The van der Waals surface area contributed by atoms with Crippen LogP contribution in [0.2, 0.25) is 10.0 Å². The van der Waals surface area contributed by atoms with Crippen molar-refractivity contribution in [2.24, 2.45) is 0 Å². The lowest BCUT2D eigenvalue weighted by Crippen LogP contribution is -2.07. The zero-order chi connectivity index (χ0) is 17.4. The zero-order valence-electron chi connectivity index (χ0n) is 12.9. The summed E-state index contributed by atoms with van der Waals surface area (Å²) in [6.45, 7) is 3.73. The first-order valence-electron chi connectivity index (χ1n) is 7.09. The quantitative estimate of drug-likeness (QED) is 0.696. The lowest BCUT2D eigenvalue weighted by atomic mass is 10.0. The van der Waals surface area contributed by atoms with E-state index in [0.717, 1.165) is 22.5 Å². The van der Waals surface area contributed by atoms with Gasteiger partial charge in [-0.2, -0.15) is 15.5 Å². The largest absolute Gasteiger partial charge is 0.271 e. The highest BCUT2D eigenvalue weighted by atomic mass is 35.5. The van der Waals surface area contributed by atoms with E-state index < -0.39 is 0 Å². The Hall–Kier alpha value is -2.60. The number of aromatic nitrogens is 3. The Morgan fingerprint density at radius 2 is 1.71 bits per heavy atom. The lowest BCUT2D eigenvalue weighted by Gasteiger charge is -2.13. The van der Waals surface area contributed by atoms with Gasteiger partial charge in [0.25, 0.3) is 0 Å². The van der Waals surface area contributed by atoms with Crippen LogP contribution in [0.3, 0.4) is 0 Å². The van der Waals surface area contributed by atoms with Crippen LogP contribution in [0.15, 0.2) is 18.2 Å². The van der Waals surface area contributed by atoms with Crippen LogP contribution in [-0.4, -0.2) is 14.4 Å². The monoisotopic (exact) mass is 355 g/mol. The highest BCUT2D eigenvalue weighted by Crippen LogP contribution is 2.29. The Bertz CT molecular complexity index is 1030. The van der Waals surface area contributed by atoms with Gasteiger partial charge in [0.1, 0.15) is 12.1 Å². The van der Waals surface area contributed by atoms with Gasteiger partial charge in [0.15, 0.2) is 11.4 Å². The molecule has 2 aromatic heterocycles. The molecule has 0 N–H and O–H groups in total. The summed E-state index contributed by atoms with van der Waals surface area (Å²) in [6, 6.07) is 9.32. The van der Waals surface area contributed by atoms with Gasteiger partial charge in [-0.05, 0) is 37.1 Å². The summed E-state index contributed by atoms with van der Waals surface area (Å²) in [5.41, 5.74) is 3.50. The molecule has 1 aromatic carbocycles. The second-order valence-electron chi connectivity index (χ2n) is 5.31. The van der Waals surface area contributed by atoms with Gasteiger partial charge < -0.3 is 0 Å². The molecule has 0 atom stereocenters. The summed E-state index contributed by atoms with van der Waals surface area (Å²) in [5.74, 6) is 0.340. The van der Waals surface area contributed by atoms with Gasteiger partial charge in [0, 0.05) is 27.9 Å². The normalized spacial score (nSPS) is 10.6. The van der Waals surface area contributed by atoms with E-state index in [4.69, 9.17) is 28.5 Å². The molecule has 0 aliphatic heterocycles. The minimum absolute atomic E-state index is 0.0698. The molecule has 0 unspecified atom stereocenters. The molecule has 24 heavy (non-hydrogen) atoms. The van der Waals surface area contributed by atoms with Gasteiger partial charge in [0.05, 0.1) is 0 Å². The number of aryl methyl sites for hydroxylation is 2. The number of hydrogen-bond acceptors (Lipinski definition) is 4. The first-order chi connectivity index (χ1) is 11.5. The summed E-state index contributed by atoms with van der Waals surface area (Å²) in [4.78, 5) is 8.56. The average Bonchev–Trinajstić information content (AvgIpc) is 2.91. The first-order valence-corrected chi connectivity index (χ1v) is 7.85. The molecule has 7 heteroatoms. The molecule has 0 saturated carbocycles. The van der Waals surface area contributed by atoms with E-state index >= 15 is 0 Å². The maximum atomic E-state index is 9.37. The Morgan fingerprint density at radius 1 is 1.04 bits per heavy atom. The van der Waals surface area contributed by atoms with Crippen molar-refractivity contribution in [2.75, 3.05) is 0 Å². The number of nitrogens with zero attached hydrogens (tertiary/aromatic N) is 5. The summed E-state index contributed by atoms with van der Waals surface area (Å²) in [6.07, 6.45) is 0.476. The summed E-state index contributed by atoms with van der Waals surface area (Å²) in [5, 5.41) is 19.7. The molecule has 0 fully saturated rings. The minimum atomic E-state index is 0.0698. The molecule has 0 aliphatic rings. The topological polar surface area (TPSA) is 77.8 Å². The van der Waals surface area contributed by atoms with Crippen molar-refractivity contribution in [3.63, 3.8) is 0 Å². The molecule has 0 radical (unpaired) electrons. The third-order valence-corrected chi connectivity index (χ3v) is 4.67. The van der Waals surface area contributed by atoms with Gasteiger partial charge in [-0.1, -0.05) is 29.3 Å². The van der Waals surface area contributed by atoms with E-state index in [1.165, 1.54) is 0 Å². The van der Waals surface area contributed by atoms with E-state index in [1.54, 1.807) is 22.6 Å². The Morgan fingerprint density at radius 3 is 2.29 bits per heavy atom. The molecule has 0 aliphatic carbocycles. The van der Waals surface area contributed by atoms with Gasteiger partial charge >= 0.3 is 0 Å². The first kappa shape index (κ1) is 16.3. The molecule has 0 bridgehead atoms. The van der Waals surface area contributed by atoms with E-state index in [-0.39, 0.29) is 11.4 Å². The molecule has 0 saturated heterocycles. The van der Waals surface area contributed by atoms with Crippen molar-refractivity contribution in [1.82, 2.24) is 14.4 Å². The highest BCUT2D eigenvalue weighted by Gasteiger charge is 2.19. The predicted molar refractivity (Wildman–Crippen MR) is 91.2 cm³/mol. The molecule has 0 amide bonds. The van der Waals surface area contributed by atoms with E-state index in [2.05, 4.69) is 9.97 Å². The van der Waals surface area contributed by atoms with Gasteiger partial charge in [-0.3, -0.25) is 4.40 Å². The van der Waals surface area contributed by atoms with E-state index in [0.29, 0.717) is 22.2 Å². The van der Waals surface area contributed by atoms with Crippen LogP contribution in [0.1, 0.15) is 33.9 Å². The number of imidazole rings is 1. The number of benzene rings is 1. The summed E-state index contributed by atoms with van der Waals surface area (Å²) in [7, 11) is 0. The highest BCUT2D eigenvalue weighted by molar-refractivity contribution is 6.36. The van der Waals surface area contributed by atoms with Gasteiger partial charge in [-0.25, -0.2) is 4.98 Å². The second kappa shape index (κ2) is 6.13. The third kappa shape index (κ3) is 2.49. The Labute approximate surface area is 148 Å². The summed E-state index contributed by atoms with van der Waals surface area (Å²) >= 11 is 12.5. The minimum Gasteiger partial charge on any atom is -0.271 e. The van der Waals surface area contributed by atoms with Crippen LogP contribution < -0.4 is 0 Å². The maximum absolute atomic E-state index is 9.37. The van der Waals surface area contributed by atoms with Crippen LogP contribution in [0.4, 0.5) is 0 Å². The van der Waals surface area contributed by atoms with Crippen LogP contribution in [-0.2, 0) is 6.42 Å². The maximum Gasteiger partial charge on any atom is 0.236 e. The van der Waals surface area contributed by atoms with Crippen LogP contribution in [0.5, 0.6) is 0 Å². The Balaban J connectivity index is 2.27. The molecule has 3 rings (SSSR count). The van der Waals surface area contributed by atoms with Crippen molar-refractivity contribution in [2.45, 2.75) is 20.3 Å². The zero-order valence-corrected chi connectivity index (χ0v) is 14.4. The van der Waals surface area contributed by atoms with Crippen molar-refractivity contribution in [1.29, 1.82) is 10.5 Å². The lowest BCUT2D eigenvalue weighted by molar-refractivity contribution is 0.939. The fourth-order valence-electron chi connectivity index (χ4n) is 2.73. The van der Waals surface area contributed by atoms with Gasteiger partial charge in [-0.15, -0.1) is 0 Å². The van der Waals surface area contributed by atoms with Crippen molar-refractivity contribution >= 4 is 29.0 Å². The molecular formula is C17H11Cl2N5. The fraction of sp³-hybridized carbons (Fsp3) is 0.176. The smallest absolute Gasteiger partial charge is 0.236 e. The van der Waals surface area contributed by atoms with Crippen molar-refractivity contribution in [3.05, 3.63) is 62.1 Å². The average molecular weight is 356 g/mol. The van der Waals surface area contributed by atoms with E-state index in [1.807, 2.05) is 26.0 Å². The molecular weight excluding hydrogens is 345 g/mol. The third-order valence-electron chi connectivity index (χ3n) is 3.96. The molecule has 118 valence electrons. The molecule has 5 nitrogen and oxygen atoms in total. The van der Waals surface area contributed by atoms with E-state index in [9.17, 15) is 5.26 Å². The van der Waals surface area contributed by atoms with Crippen LogP contribution >= 0.6 is 23.2 Å². The molecule has 3 aromatic rings. The fourth-order valence-corrected chi connectivity index (χ4v) is 3.26. The number of halogens is 2. The van der Waals surface area contributed by atoms with Gasteiger partial charge in [0.2, 0.25) is 5.78 Å². The molecule has 2 heterocycles. The number of rotatable bonds is 2. The Kier molecular flexibility index (Phi) is 4.15. The van der Waals surface area contributed by atoms with Crippen LogP contribution in [0, 0.1) is 36.5 Å². The standard InChI is InChI=1S/C17H11Cl2N5/c1-9-11(6-12-13(18)4-3-5-14(12)19)10(2)24-16(8-21)15(7-20)23-17(24)22-9/h3-5H,6H2,1-2H3.